The van der Waals surface area contributed by atoms with Gasteiger partial charge in [-0.25, -0.2) is 0 Å². The van der Waals surface area contributed by atoms with Crippen molar-refractivity contribution in [3.05, 3.63) is 35.2 Å². The van der Waals surface area contributed by atoms with Gasteiger partial charge in [-0.1, -0.05) is 18.2 Å². The summed E-state index contributed by atoms with van der Waals surface area (Å²) in [6.45, 7) is 0.809. The highest BCUT2D eigenvalue weighted by Crippen LogP contribution is 2.26. The highest BCUT2D eigenvalue weighted by molar-refractivity contribution is 7.17. The molecule has 0 amide bonds. The zero-order valence-corrected chi connectivity index (χ0v) is 11.6. The van der Waals surface area contributed by atoms with Gasteiger partial charge in [0.25, 0.3) is 0 Å². The van der Waals surface area contributed by atoms with E-state index in [4.69, 9.17) is 0 Å². The predicted octanol–water partition coefficient (Wildman–Crippen LogP) is 3.46. The molecule has 0 spiro atoms. The monoisotopic (exact) mass is 269 g/mol. The Balaban J connectivity index is 0.00000144. The van der Waals surface area contributed by atoms with Gasteiger partial charge in [-0.05, 0) is 20.2 Å². The van der Waals surface area contributed by atoms with Crippen LogP contribution in [0.1, 0.15) is 16.8 Å². The van der Waals surface area contributed by atoms with Gasteiger partial charge in [-0.3, -0.25) is 4.79 Å². The van der Waals surface area contributed by atoms with Gasteiger partial charge >= 0.3 is 0 Å². The third kappa shape index (κ3) is 3.28. The van der Waals surface area contributed by atoms with Crippen LogP contribution in [0.2, 0.25) is 0 Å². The van der Waals surface area contributed by atoms with Gasteiger partial charge < -0.3 is 4.90 Å². The summed E-state index contributed by atoms with van der Waals surface area (Å²) in [5.74, 6) is 0.242. The molecule has 0 fully saturated rings. The lowest BCUT2D eigenvalue weighted by molar-refractivity contribution is 0.0974. The summed E-state index contributed by atoms with van der Waals surface area (Å²) >= 11 is 1.64. The van der Waals surface area contributed by atoms with Crippen LogP contribution in [0.4, 0.5) is 0 Å². The summed E-state index contributed by atoms with van der Waals surface area (Å²) in [4.78, 5) is 14.0. The Kier molecular flexibility index (Phi) is 5.12. The van der Waals surface area contributed by atoms with E-state index in [2.05, 4.69) is 6.07 Å². The van der Waals surface area contributed by atoms with Crippen molar-refractivity contribution >= 4 is 39.6 Å². The van der Waals surface area contributed by atoms with Gasteiger partial charge in [0.05, 0.1) is 0 Å². The third-order valence-corrected chi connectivity index (χ3v) is 3.53. The molecule has 4 heteroatoms. The zero-order chi connectivity index (χ0) is 11.5. The van der Waals surface area contributed by atoms with E-state index in [9.17, 15) is 4.79 Å². The van der Waals surface area contributed by atoms with Crippen LogP contribution in [0.3, 0.4) is 0 Å². The minimum absolute atomic E-state index is 0. The number of hydrogen-bond donors (Lipinski definition) is 0. The van der Waals surface area contributed by atoms with Crippen LogP contribution in [-0.4, -0.2) is 31.3 Å². The van der Waals surface area contributed by atoms with Gasteiger partial charge in [0.2, 0.25) is 0 Å². The number of rotatable bonds is 4. The zero-order valence-electron chi connectivity index (χ0n) is 9.97. The summed E-state index contributed by atoms with van der Waals surface area (Å²) < 4.78 is 1.19. The van der Waals surface area contributed by atoms with Crippen LogP contribution in [-0.2, 0) is 0 Å². The van der Waals surface area contributed by atoms with Crippen LogP contribution < -0.4 is 0 Å². The Bertz CT molecular complexity index is 507. The summed E-state index contributed by atoms with van der Waals surface area (Å²) in [7, 11) is 3.97. The maximum absolute atomic E-state index is 12.0. The minimum Gasteiger partial charge on any atom is -0.309 e. The maximum atomic E-state index is 12.0. The lowest BCUT2D eigenvalue weighted by atomic mass is 10.1. The van der Waals surface area contributed by atoms with Crippen molar-refractivity contribution < 1.29 is 4.79 Å². The molecule has 0 aliphatic carbocycles. The van der Waals surface area contributed by atoms with Crippen LogP contribution >= 0.6 is 23.7 Å². The first-order valence-corrected chi connectivity index (χ1v) is 6.20. The average molecular weight is 270 g/mol. The van der Waals surface area contributed by atoms with Crippen LogP contribution in [0.5, 0.6) is 0 Å². The Labute approximate surface area is 112 Å². The number of ketones is 1. The van der Waals surface area contributed by atoms with E-state index in [-0.39, 0.29) is 18.2 Å². The fourth-order valence-electron chi connectivity index (χ4n) is 1.65. The Morgan fingerprint density at radius 1 is 1.29 bits per heavy atom. The molecular formula is C13H16ClNOS. The number of carbonyl (C=O) groups is 1. The minimum atomic E-state index is 0. The summed E-state index contributed by atoms with van der Waals surface area (Å²) in [5.41, 5.74) is 0.877. The van der Waals surface area contributed by atoms with Crippen molar-refractivity contribution in [1.82, 2.24) is 4.90 Å². The molecule has 0 aliphatic rings. The van der Waals surface area contributed by atoms with E-state index < -0.39 is 0 Å². The largest absolute Gasteiger partial charge is 0.309 e. The second-order valence-electron chi connectivity index (χ2n) is 4.12. The number of benzene rings is 1. The number of nitrogens with zero attached hydrogens (tertiary/aromatic N) is 1. The number of thiophene rings is 1. The number of carbonyl (C=O) groups excluding carboxylic acids is 1. The van der Waals surface area contributed by atoms with Crippen LogP contribution in [0.25, 0.3) is 10.1 Å². The lowest BCUT2D eigenvalue weighted by Gasteiger charge is -2.07. The topological polar surface area (TPSA) is 20.3 Å². The average Bonchev–Trinajstić information content (AvgIpc) is 2.69. The molecule has 0 saturated heterocycles. The number of Topliss-reactive ketones (excluding diaryl/α,β-unsaturated/α-hetero) is 1. The standard InChI is InChI=1S/C13H15NOS.ClH/c1-14(2)8-7-12(15)11-9-16-13-6-4-3-5-10(11)13;/h3-6,9H,7-8H2,1-2H3;1H. The van der Waals surface area contributed by atoms with E-state index in [0.717, 1.165) is 17.5 Å². The van der Waals surface area contributed by atoms with Crippen molar-refractivity contribution in [3.8, 4) is 0 Å². The molecule has 2 aromatic rings. The van der Waals surface area contributed by atoms with Crippen LogP contribution in [0, 0.1) is 0 Å². The maximum Gasteiger partial charge on any atom is 0.165 e. The first-order chi connectivity index (χ1) is 7.68. The Morgan fingerprint density at radius 3 is 2.71 bits per heavy atom. The fraction of sp³-hybridized carbons (Fsp3) is 0.308. The first kappa shape index (κ1) is 14.2. The van der Waals surface area contributed by atoms with Crippen molar-refractivity contribution in [3.63, 3.8) is 0 Å². The molecule has 0 bridgehead atoms. The number of fused-ring (bicyclic) bond motifs is 1. The fourth-order valence-corrected chi connectivity index (χ4v) is 2.62. The molecule has 0 unspecified atom stereocenters. The van der Waals surface area contributed by atoms with E-state index >= 15 is 0 Å². The molecule has 0 aliphatic heterocycles. The molecule has 1 aromatic carbocycles. The SMILES string of the molecule is CN(C)CCC(=O)c1csc2ccccc12.Cl. The molecule has 92 valence electrons. The lowest BCUT2D eigenvalue weighted by Crippen LogP contribution is -2.16. The Morgan fingerprint density at radius 2 is 2.00 bits per heavy atom. The Hall–Kier alpha value is -0.900. The van der Waals surface area contributed by atoms with E-state index in [1.165, 1.54) is 4.70 Å². The second-order valence-corrected chi connectivity index (χ2v) is 5.03. The molecule has 2 nitrogen and oxygen atoms in total. The third-order valence-electron chi connectivity index (χ3n) is 2.57. The van der Waals surface area contributed by atoms with Crippen molar-refractivity contribution in [2.24, 2.45) is 0 Å². The second kappa shape index (κ2) is 6.15. The molecule has 17 heavy (non-hydrogen) atoms. The first-order valence-electron chi connectivity index (χ1n) is 5.32. The molecule has 2 rings (SSSR count). The van der Waals surface area contributed by atoms with Gasteiger partial charge in [0.15, 0.2) is 5.78 Å². The van der Waals surface area contributed by atoms with Gasteiger partial charge in [-0.15, -0.1) is 23.7 Å². The molecule has 0 atom stereocenters. The highest BCUT2D eigenvalue weighted by Gasteiger charge is 2.11. The van der Waals surface area contributed by atoms with E-state index in [1.807, 2.05) is 42.6 Å². The molecule has 0 N–H and O–H groups in total. The molecule has 0 radical (unpaired) electrons. The molecular weight excluding hydrogens is 254 g/mol. The van der Waals surface area contributed by atoms with Crippen molar-refractivity contribution in [1.29, 1.82) is 0 Å². The smallest absolute Gasteiger partial charge is 0.165 e. The van der Waals surface area contributed by atoms with Crippen LogP contribution in [0.15, 0.2) is 29.6 Å². The van der Waals surface area contributed by atoms with Gasteiger partial charge in [-0.2, -0.15) is 0 Å². The normalized spacial score (nSPS) is 10.5. The molecule has 1 aromatic heterocycles. The summed E-state index contributed by atoms with van der Waals surface area (Å²) in [6, 6.07) is 8.07. The van der Waals surface area contributed by atoms with Crippen molar-refractivity contribution in [2.75, 3.05) is 20.6 Å². The van der Waals surface area contributed by atoms with Gasteiger partial charge in [0.1, 0.15) is 0 Å². The van der Waals surface area contributed by atoms with E-state index in [1.54, 1.807) is 11.3 Å². The predicted molar refractivity (Wildman–Crippen MR) is 76.6 cm³/mol. The molecule has 1 heterocycles. The highest BCUT2D eigenvalue weighted by atomic mass is 35.5. The quantitative estimate of drug-likeness (QED) is 0.793. The summed E-state index contributed by atoms with van der Waals surface area (Å²) in [6.07, 6.45) is 0.591. The summed E-state index contributed by atoms with van der Waals surface area (Å²) in [5, 5.41) is 3.07. The number of halogens is 1. The van der Waals surface area contributed by atoms with Crippen molar-refractivity contribution in [2.45, 2.75) is 6.42 Å². The molecule has 0 saturated carbocycles. The van der Waals surface area contributed by atoms with Gasteiger partial charge in [0, 0.05) is 34.0 Å². The van der Waals surface area contributed by atoms with E-state index in [0.29, 0.717) is 6.42 Å². The number of hydrogen-bond acceptors (Lipinski definition) is 3.